The van der Waals surface area contributed by atoms with E-state index >= 15 is 0 Å². The second kappa shape index (κ2) is 7.92. The van der Waals surface area contributed by atoms with Crippen LogP contribution in [0.3, 0.4) is 0 Å². The zero-order valence-electron chi connectivity index (χ0n) is 14.2. The number of anilines is 1. The van der Waals surface area contributed by atoms with Gasteiger partial charge in [-0.25, -0.2) is 4.98 Å². The van der Waals surface area contributed by atoms with Gasteiger partial charge in [0.1, 0.15) is 5.75 Å². The second-order valence-corrected chi connectivity index (χ2v) is 6.64. The van der Waals surface area contributed by atoms with Crippen molar-refractivity contribution in [3.63, 3.8) is 0 Å². The Labute approximate surface area is 145 Å². The Balaban J connectivity index is 2.09. The summed E-state index contributed by atoms with van der Waals surface area (Å²) in [5.74, 6) is 0.335. The maximum absolute atomic E-state index is 12.3. The van der Waals surface area contributed by atoms with Gasteiger partial charge in [-0.3, -0.25) is 9.59 Å². The van der Waals surface area contributed by atoms with Crippen LogP contribution in [0.25, 0.3) is 0 Å². The number of rotatable bonds is 6. The van der Waals surface area contributed by atoms with Crippen molar-refractivity contribution in [1.29, 1.82) is 0 Å². The lowest BCUT2D eigenvalue weighted by molar-refractivity contribution is -0.120. The lowest BCUT2D eigenvalue weighted by Crippen LogP contribution is -2.29. The summed E-state index contributed by atoms with van der Waals surface area (Å²) in [5.41, 5.74) is 1.75. The molecule has 0 saturated carbocycles. The van der Waals surface area contributed by atoms with Crippen LogP contribution in [-0.2, 0) is 9.59 Å². The molecule has 0 spiro atoms. The Bertz CT molecular complexity index is 706. The van der Waals surface area contributed by atoms with Gasteiger partial charge in [0.2, 0.25) is 11.8 Å². The van der Waals surface area contributed by atoms with E-state index in [4.69, 9.17) is 4.74 Å². The number of benzene rings is 1. The quantitative estimate of drug-likeness (QED) is 0.842. The monoisotopic (exact) mass is 347 g/mol. The Kier molecular flexibility index (Phi) is 5.92. The molecule has 0 bridgehead atoms. The molecule has 24 heavy (non-hydrogen) atoms. The van der Waals surface area contributed by atoms with Crippen molar-refractivity contribution >= 4 is 28.3 Å². The molecule has 1 atom stereocenters. The van der Waals surface area contributed by atoms with Crippen LogP contribution in [0.2, 0.25) is 0 Å². The molecular weight excluding hydrogens is 326 g/mol. The summed E-state index contributed by atoms with van der Waals surface area (Å²) in [6.07, 6.45) is 0.129. The Morgan fingerprint density at radius 1 is 1.25 bits per heavy atom. The minimum atomic E-state index is -0.407. The van der Waals surface area contributed by atoms with Crippen LogP contribution >= 0.6 is 11.3 Å². The number of ether oxygens (including phenoxy) is 1. The predicted octanol–water partition coefficient (Wildman–Crippen LogP) is 2.97. The highest BCUT2D eigenvalue weighted by Gasteiger charge is 2.18. The fraction of sp³-hybridized carbons (Fsp3) is 0.353. The summed E-state index contributed by atoms with van der Waals surface area (Å²) in [6, 6.07) is 6.87. The molecule has 0 fully saturated rings. The number of carbonyl (C=O) groups excluding carboxylic acids is 2. The molecule has 1 aromatic heterocycles. The molecule has 2 amide bonds. The van der Waals surface area contributed by atoms with Crippen LogP contribution in [-0.4, -0.2) is 23.9 Å². The summed E-state index contributed by atoms with van der Waals surface area (Å²) in [7, 11) is 1.59. The average Bonchev–Trinajstić information content (AvgIpc) is 2.84. The fourth-order valence-electron chi connectivity index (χ4n) is 2.22. The van der Waals surface area contributed by atoms with E-state index < -0.39 is 6.04 Å². The molecule has 0 unspecified atom stereocenters. The smallest absolute Gasteiger partial charge is 0.228 e. The average molecular weight is 347 g/mol. The number of aromatic nitrogens is 1. The Morgan fingerprint density at radius 2 is 1.92 bits per heavy atom. The molecule has 2 aromatic rings. The molecule has 1 aromatic carbocycles. The van der Waals surface area contributed by atoms with E-state index in [2.05, 4.69) is 15.6 Å². The van der Waals surface area contributed by atoms with Crippen molar-refractivity contribution in [2.24, 2.45) is 0 Å². The summed E-state index contributed by atoms with van der Waals surface area (Å²) < 4.78 is 5.13. The number of hydrogen-bond donors (Lipinski definition) is 2. The van der Waals surface area contributed by atoms with Gasteiger partial charge in [-0.2, -0.15) is 0 Å². The summed E-state index contributed by atoms with van der Waals surface area (Å²) in [4.78, 5) is 29.1. The minimum absolute atomic E-state index is 0.129. The largest absolute Gasteiger partial charge is 0.497 e. The van der Waals surface area contributed by atoms with E-state index in [-0.39, 0.29) is 18.2 Å². The summed E-state index contributed by atoms with van der Waals surface area (Å²) in [6.45, 7) is 5.29. The number of methoxy groups -OCH3 is 1. The first-order valence-electron chi connectivity index (χ1n) is 7.54. The molecule has 0 aliphatic rings. The molecule has 0 aliphatic heterocycles. The number of aryl methyl sites for hydroxylation is 2. The zero-order valence-corrected chi connectivity index (χ0v) is 15.0. The number of nitrogens with one attached hydrogen (secondary N) is 2. The number of nitrogens with zero attached hydrogens (tertiary/aromatic N) is 1. The van der Waals surface area contributed by atoms with Gasteiger partial charge in [0.15, 0.2) is 5.13 Å². The summed E-state index contributed by atoms with van der Waals surface area (Å²) >= 11 is 1.44. The van der Waals surface area contributed by atoms with Gasteiger partial charge < -0.3 is 15.4 Å². The van der Waals surface area contributed by atoms with Crippen molar-refractivity contribution in [1.82, 2.24) is 10.3 Å². The number of carbonyl (C=O) groups is 2. The Hall–Kier alpha value is -2.41. The van der Waals surface area contributed by atoms with Gasteiger partial charge in [-0.15, -0.1) is 11.3 Å². The normalized spacial score (nSPS) is 11.7. The van der Waals surface area contributed by atoms with Crippen molar-refractivity contribution < 1.29 is 14.3 Å². The van der Waals surface area contributed by atoms with Crippen LogP contribution in [0.4, 0.5) is 5.13 Å². The van der Waals surface area contributed by atoms with Crippen molar-refractivity contribution in [3.05, 3.63) is 40.4 Å². The lowest BCUT2D eigenvalue weighted by atomic mass is 10.0. The van der Waals surface area contributed by atoms with Crippen LogP contribution in [0.1, 0.15) is 35.5 Å². The molecular formula is C17H21N3O3S. The first-order valence-corrected chi connectivity index (χ1v) is 8.35. The van der Waals surface area contributed by atoms with Gasteiger partial charge in [0.25, 0.3) is 0 Å². The Morgan fingerprint density at radius 3 is 2.42 bits per heavy atom. The van der Waals surface area contributed by atoms with E-state index in [0.29, 0.717) is 5.13 Å². The highest BCUT2D eigenvalue weighted by atomic mass is 32.1. The van der Waals surface area contributed by atoms with E-state index in [1.165, 1.54) is 18.3 Å². The molecule has 0 saturated heterocycles. The highest BCUT2D eigenvalue weighted by molar-refractivity contribution is 7.15. The highest BCUT2D eigenvalue weighted by Crippen LogP contribution is 2.24. The molecule has 7 heteroatoms. The topological polar surface area (TPSA) is 80.3 Å². The van der Waals surface area contributed by atoms with E-state index in [0.717, 1.165) is 21.9 Å². The van der Waals surface area contributed by atoms with Gasteiger partial charge in [0.05, 0.1) is 25.3 Å². The lowest BCUT2D eigenvalue weighted by Gasteiger charge is -2.18. The van der Waals surface area contributed by atoms with Crippen LogP contribution < -0.4 is 15.4 Å². The number of amides is 2. The van der Waals surface area contributed by atoms with Crippen LogP contribution in [0.5, 0.6) is 5.75 Å². The molecule has 1 heterocycles. The van der Waals surface area contributed by atoms with E-state index in [1.54, 1.807) is 19.2 Å². The van der Waals surface area contributed by atoms with Crippen molar-refractivity contribution in [2.45, 2.75) is 33.2 Å². The third-order valence-electron chi connectivity index (χ3n) is 3.56. The molecule has 128 valence electrons. The molecule has 0 radical (unpaired) electrons. The predicted molar refractivity (Wildman–Crippen MR) is 94.4 cm³/mol. The van der Waals surface area contributed by atoms with Gasteiger partial charge in [0, 0.05) is 11.8 Å². The molecule has 2 rings (SSSR count). The van der Waals surface area contributed by atoms with Crippen LogP contribution in [0.15, 0.2) is 24.3 Å². The maximum atomic E-state index is 12.3. The maximum Gasteiger partial charge on any atom is 0.228 e. The SMILES string of the molecule is COc1ccc([C@@H](CC(=O)Nc2nc(C)c(C)s2)NC(C)=O)cc1. The van der Waals surface area contributed by atoms with Crippen molar-refractivity contribution in [2.75, 3.05) is 12.4 Å². The number of hydrogen-bond acceptors (Lipinski definition) is 5. The van der Waals surface area contributed by atoms with Gasteiger partial charge in [-0.1, -0.05) is 12.1 Å². The zero-order chi connectivity index (χ0) is 17.7. The third-order valence-corrected chi connectivity index (χ3v) is 4.55. The van der Waals surface area contributed by atoms with Crippen LogP contribution in [0, 0.1) is 13.8 Å². The number of thiazole rings is 1. The molecule has 6 nitrogen and oxygen atoms in total. The van der Waals surface area contributed by atoms with E-state index in [1.807, 2.05) is 26.0 Å². The molecule has 0 aliphatic carbocycles. The first-order chi connectivity index (χ1) is 11.4. The fourth-order valence-corrected chi connectivity index (χ4v) is 3.05. The first kappa shape index (κ1) is 17.9. The molecule has 2 N–H and O–H groups in total. The standard InChI is InChI=1S/C17H21N3O3S/c1-10-11(2)24-17(18-10)20-16(22)9-15(19-12(3)21)13-5-7-14(23-4)8-6-13/h5-8,15H,9H2,1-4H3,(H,19,21)(H,18,20,22)/t15-/m1/s1. The third kappa shape index (κ3) is 4.79. The van der Waals surface area contributed by atoms with Crippen molar-refractivity contribution in [3.8, 4) is 5.75 Å². The van der Waals surface area contributed by atoms with E-state index in [9.17, 15) is 9.59 Å². The minimum Gasteiger partial charge on any atom is -0.497 e. The van der Waals surface area contributed by atoms with Gasteiger partial charge in [-0.05, 0) is 31.5 Å². The second-order valence-electron chi connectivity index (χ2n) is 5.44. The summed E-state index contributed by atoms with van der Waals surface area (Å²) in [5, 5.41) is 6.18. The van der Waals surface area contributed by atoms with Gasteiger partial charge >= 0.3 is 0 Å².